The number of β-amino-alcohol motifs (C(OH)–C–C–N with tert-alkyl or cyclic N) is 1. The van der Waals surface area contributed by atoms with Crippen molar-refractivity contribution in [3.05, 3.63) is 107 Å². The predicted molar refractivity (Wildman–Crippen MR) is 152 cm³/mol. The number of ether oxygens (including phenoxy) is 2. The van der Waals surface area contributed by atoms with Gasteiger partial charge in [-0.1, -0.05) is 85.8 Å². The van der Waals surface area contributed by atoms with Gasteiger partial charge in [-0.05, 0) is 28.7 Å². The zero-order valence-corrected chi connectivity index (χ0v) is 22.9. The average molecular weight is 546 g/mol. The number of carbonyl (C=O) groups is 1. The summed E-state index contributed by atoms with van der Waals surface area (Å²) in [5.74, 6) is 0.0897. The Morgan fingerprint density at radius 3 is 2.12 bits per heavy atom. The second-order valence-electron chi connectivity index (χ2n) is 10.8. The number of aliphatic hydroxyl groups is 2. The lowest BCUT2D eigenvalue weighted by Gasteiger charge is -2.42. The van der Waals surface area contributed by atoms with Gasteiger partial charge in [-0.2, -0.15) is 0 Å². The van der Waals surface area contributed by atoms with Crippen molar-refractivity contribution >= 4 is 6.03 Å². The molecule has 3 aromatic carbocycles. The molecule has 0 aromatic heterocycles. The fraction of sp³-hybridized carbons (Fsp3) is 0.406. The largest absolute Gasteiger partial charge is 0.392 e. The first-order chi connectivity index (χ1) is 19.5. The molecule has 8 nitrogen and oxygen atoms in total. The van der Waals surface area contributed by atoms with Gasteiger partial charge in [-0.3, -0.25) is 4.90 Å². The molecule has 0 spiro atoms. The molecule has 0 radical (unpaired) electrons. The van der Waals surface area contributed by atoms with Crippen LogP contribution in [0.5, 0.6) is 0 Å². The first-order valence-corrected chi connectivity index (χ1v) is 14.0. The highest BCUT2D eigenvalue weighted by Gasteiger charge is 2.39. The SMILES string of the molecule is C[C@H]1[C@@H](CN2CC[C@H](O)C2)O[C@@H](c2ccc(CNC(=O)NCc3ccccc3)cc2)O[C@H]1c1ccc(CO)cc1. The highest BCUT2D eigenvalue weighted by atomic mass is 16.7. The maximum absolute atomic E-state index is 12.2. The van der Waals surface area contributed by atoms with Crippen LogP contribution in [0.15, 0.2) is 78.9 Å². The number of amides is 2. The number of rotatable bonds is 9. The molecule has 212 valence electrons. The Kier molecular flexibility index (Phi) is 9.46. The van der Waals surface area contributed by atoms with Gasteiger partial charge in [-0.25, -0.2) is 4.79 Å². The van der Waals surface area contributed by atoms with Crippen molar-refractivity contribution in [2.45, 2.75) is 57.6 Å². The minimum Gasteiger partial charge on any atom is -0.392 e. The summed E-state index contributed by atoms with van der Waals surface area (Å²) in [6.45, 7) is 5.28. The monoisotopic (exact) mass is 545 g/mol. The van der Waals surface area contributed by atoms with Gasteiger partial charge in [0.25, 0.3) is 0 Å². The summed E-state index contributed by atoms with van der Waals surface area (Å²) in [6.07, 6.45) is -0.311. The lowest BCUT2D eigenvalue weighted by molar-refractivity contribution is -0.276. The van der Waals surface area contributed by atoms with E-state index in [9.17, 15) is 15.0 Å². The normalized spacial score (nSPS) is 25.0. The van der Waals surface area contributed by atoms with Crippen molar-refractivity contribution in [1.29, 1.82) is 0 Å². The van der Waals surface area contributed by atoms with Crippen LogP contribution in [0.25, 0.3) is 0 Å². The van der Waals surface area contributed by atoms with Crippen molar-refractivity contribution in [1.82, 2.24) is 15.5 Å². The highest BCUT2D eigenvalue weighted by molar-refractivity contribution is 5.73. The quantitative estimate of drug-likeness (QED) is 0.324. The van der Waals surface area contributed by atoms with Crippen LogP contribution in [0.2, 0.25) is 0 Å². The van der Waals surface area contributed by atoms with Crippen molar-refractivity contribution in [3.63, 3.8) is 0 Å². The van der Waals surface area contributed by atoms with Gasteiger partial charge in [-0.15, -0.1) is 0 Å². The van der Waals surface area contributed by atoms with Gasteiger partial charge in [0.15, 0.2) is 6.29 Å². The molecule has 0 saturated carbocycles. The summed E-state index contributed by atoms with van der Waals surface area (Å²) in [7, 11) is 0. The second kappa shape index (κ2) is 13.4. The van der Waals surface area contributed by atoms with E-state index in [-0.39, 0.29) is 36.9 Å². The number of urea groups is 1. The van der Waals surface area contributed by atoms with E-state index >= 15 is 0 Å². The molecule has 2 aliphatic rings. The number of likely N-dealkylation sites (tertiary alicyclic amines) is 1. The summed E-state index contributed by atoms with van der Waals surface area (Å²) in [5, 5.41) is 25.3. The molecule has 8 heteroatoms. The van der Waals surface area contributed by atoms with Crippen LogP contribution in [0.3, 0.4) is 0 Å². The number of benzene rings is 3. The van der Waals surface area contributed by atoms with E-state index in [1.165, 1.54) is 0 Å². The molecule has 2 fully saturated rings. The zero-order valence-electron chi connectivity index (χ0n) is 22.9. The third-order valence-electron chi connectivity index (χ3n) is 7.81. The van der Waals surface area contributed by atoms with Crippen molar-refractivity contribution in [2.24, 2.45) is 5.92 Å². The highest BCUT2D eigenvalue weighted by Crippen LogP contribution is 2.42. The van der Waals surface area contributed by atoms with Crippen LogP contribution >= 0.6 is 0 Å². The topological polar surface area (TPSA) is 103 Å². The Hall–Kier alpha value is -3.27. The Morgan fingerprint density at radius 2 is 1.50 bits per heavy atom. The van der Waals surface area contributed by atoms with Crippen LogP contribution in [-0.4, -0.2) is 53.0 Å². The van der Waals surface area contributed by atoms with E-state index in [1.807, 2.05) is 78.9 Å². The summed E-state index contributed by atoms with van der Waals surface area (Å²) in [6, 6.07) is 25.4. The van der Waals surface area contributed by atoms with Crippen molar-refractivity contribution in [3.8, 4) is 0 Å². The predicted octanol–water partition coefficient (Wildman–Crippen LogP) is 4.04. The lowest BCUT2D eigenvalue weighted by atomic mass is 9.90. The van der Waals surface area contributed by atoms with E-state index in [1.54, 1.807) is 0 Å². The van der Waals surface area contributed by atoms with E-state index in [4.69, 9.17) is 9.47 Å². The van der Waals surface area contributed by atoms with Crippen molar-refractivity contribution < 1.29 is 24.5 Å². The van der Waals surface area contributed by atoms with Crippen LogP contribution in [0, 0.1) is 5.92 Å². The molecule has 0 aliphatic carbocycles. The van der Waals surface area contributed by atoms with E-state index in [0.717, 1.165) is 47.3 Å². The van der Waals surface area contributed by atoms with E-state index in [0.29, 0.717) is 19.6 Å². The van der Waals surface area contributed by atoms with Crippen LogP contribution < -0.4 is 10.6 Å². The molecule has 5 atom stereocenters. The minimum absolute atomic E-state index is 0.00287. The fourth-order valence-corrected chi connectivity index (χ4v) is 5.38. The first-order valence-electron chi connectivity index (χ1n) is 14.0. The first kappa shape index (κ1) is 28.3. The summed E-state index contributed by atoms with van der Waals surface area (Å²) < 4.78 is 13.1. The maximum atomic E-state index is 12.2. The molecule has 5 rings (SSSR count). The molecule has 4 N–H and O–H groups in total. The van der Waals surface area contributed by atoms with Gasteiger partial charge in [0.05, 0.1) is 24.9 Å². The fourth-order valence-electron chi connectivity index (χ4n) is 5.38. The molecule has 2 aliphatic heterocycles. The Morgan fingerprint density at radius 1 is 0.875 bits per heavy atom. The van der Waals surface area contributed by atoms with Crippen molar-refractivity contribution in [2.75, 3.05) is 19.6 Å². The summed E-state index contributed by atoms with van der Waals surface area (Å²) >= 11 is 0. The summed E-state index contributed by atoms with van der Waals surface area (Å²) in [5.41, 5.74) is 4.84. The molecule has 2 saturated heterocycles. The van der Waals surface area contributed by atoms with Crippen LogP contribution in [0.1, 0.15) is 53.6 Å². The molecule has 3 aromatic rings. The maximum Gasteiger partial charge on any atom is 0.315 e. The van der Waals surface area contributed by atoms with Crippen LogP contribution in [0.4, 0.5) is 4.79 Å². The zero-order chi connectivity index (χ0) is 27.9. The smallest absolute Gasteiger partial charge is 0.315 e. The Bertz CT molecular complexity index is 1220. The molecule has 0 unspecified atom stereocenters. The van der Waals surface area contributed by atoms with Crippen LogP contribution in [-0.2, 0) is 29.2 Å². The van der Waals surface area contributed by atoms with Gasteiger partial charge in [0, 0.05) is 44.2 Å². The molecule has 2 amide bonds. The molecular formula is C32H39N3O5. The second-order valence-corrected chi connectivity index (χ2v) is 10.8. The lowest BCUT2D eigenvalue weighted by Crippen LogP contribution is -2.44. The van der Waals surface area contributed by atoms with E-state index in [2.05, 4.69) is 22.5 Å². The number of hydrogen-bond acceptors (Lipinski definition) is 6. The van der Waals surface area contributed by atoms with Gasteiger partial charge in [0.2, 0.25) is 0 Å². The minimum atomic E-state index is -0.549. The number of hydrogen-bond donors (Lipinski definition) is 4. The molecular weight excluding hydrogens is 506 g/mol. The number of nitrogens with zero attached hydrogens (tertiary/aromatic N) is 1. The number of carbonyl (C=O) groups excluding carboxylic acids is 1. The molecule has 2 heterocycles. The van der Waals surface area contributed by atoms with E-state index < -0.39 is 6.29 Å². The third kappa shape index (κ3) is 7.27. The Labute approximate surface area is 235 Å². The standard InChI is InChI=1S/C32H39N3O5/c1-22-29(20-35-16-15-28(37)19-35)39-31(40-30(22)26-11-9-25(21-36)10-12-26)27-13-7-24(8-14-27)18-34-32(38)33-17-23-5-3-2-4-6-23/h2-14,22,28-31,36-37H,15-21H2,1H3,(H2,33,34,38)/t22-,28-,29+,30+,31+/m0/s1. The average Bonchev–Trinajstić information content (AvgIpc) is 3.41. The molecule has 0 bridgehead atoms. The number of nitrogens with one attached hydrogen (secondary N) is 2. The van der Waals surface area contributed by atoms with Gasteiger partial charge in [0.1, 0.15) is 0 Å². The van der Waals surface area contributed by atoms with Gasteiger partial charge < -0.3 is 30.3 Å². The third-order valence-corrected chi connectivity index (χ3v) is 7.81. The number of aliphatic hydroxyl groups excluding tert-OH is 2. The Balaban J connectivity index is 1.23. The summed E-state index contributed by atoms with van der Waals surface area (Å²) in [4.78, 5) is 14.5. The molecule has 40 heavy (non-hydrogen) atoms. The van der Waals surface area contributed by atoms with Gasteiger partial charge >= 0.3 is 6.03 Å².